The fourth-order valence-electron chi connectivity index (χ4n) is 1.60. The number of benzene rings is 1. The first-order valence-electron chi connectivity index (χ1n) is 5.85. The molecule has 17 heavy (non-hydrogen) atoms. The summed E-state index contributed by atoms with van der Waals surface area (Å²) in [4.78, 5) is 0. The highest BCUT2D eigenvalue weighted by atomic mass is 32.1. The van der Waals surface area contributed by atoms with E-state index in [1.165, 1.54) is 16.7 Å². The third kappa shape index (κ3) is 2.82. The van der Waals surface area contributed by atoms with E-state index in [0.29, 0.717) is 0 Å². The maximum Gasteiger partial charge on any atom is 0.206 e. The van der Waals surface area contributed by atoms with Gasteiger partial charge in [0.15, 0.2) is 0 Å². The Morgan fingerprint density at radius 1 is 1.24 bits per heavy atom. The van der Waals surface area contributed by atoms with E-state index in [1.807, 2.05) is 0 Å². The zero-order valence-corrected chi connectivity index (χ0v) is 11.3. The van der Waals surface area contributed by atoms with Crippen LogP contribution in [0.3, 0.4) is 0 Å². The number of nitrogens with zero attached hydrogens (tertiary/aromatic N) is 2. The molecule has 1 heterocycles. The second-order valence-electron chi connectivity index (χ2n) is 4.16. The van der Waals surface area contributed by atoms with Crippen LogP contribution in [0.2, 0.25) is 0 Å². The van der Waals surface area contributed by atoms with Gasteiger partial charge in [0, 0.05) is 12.1 Å². The molecule has 90 valence electrons. The summed E-state index contributed by atoms with van der Waals surface area (Å²) in [6.07, 6.45) is 1.10. The van der Waals surface area contributed by atoms with Crippen LogP contribution in [-0.2, 0) is 0 Å². The minimum absolute atomic E-state index is 0.905. The Hall–Kier alpha value is -1.42. The molecule has 0 aliphatic rings. The molecule has 0 fully saturated rings. The highest BCUT2D eigenvalue weighted by molar-refractivity contribution is 7.18. The number of anilines is 1. The third-order valence-corrected chi connectivity index (χ3v) is 3.49. The van der Waals surface area contributed by atoms with Gasteiger partial charge in [0.1, 0.15) is 5.01 Å². The van der Waals surface area contributed by atoms with Gasteiger partial charge in [-0.3, -0.25) is 0 Å². The van der Waals surface area contributed by atoms with Gasteiger partial charge in [-0.1, -0.05) is 36.0 Å². The van der Waals surface area contributed by atoms with Crippen LogP contribution in [0.25, 0.3) is 10.6 Å². The van der Waals surface area contributed by atoms with Crippen LogP contribution >= 0.6 is 11.3 Å². The van der Waals surface area contributed by atoms with E-state index in [4.69, 9.17) is 0 Å². The molecule has 0 saturated heterocycles. The average molecular weight is 247 g/mol. The summed E-state index contributed by atoms with van der Waals surface area (Å²) in [7, 11) is 0. The fraction of sp³-hybridized carbons (Fsp3) is 0.385. The van der Waals surface area contributed by atoms with Crippen molar-refractivity contribution >= 4 is 16.5 Å². The van der Waals surface area contributed by atoms with E-state index in [0.717, 1.165) is 23.1 Å². The summed E-state index contributed by atoms with van der Waals surface area (Å²) in [5.74, 6) is 0. The Morgan fingerprint density at radius 2 is 2.06 bits per heavy atom. The van der Waals surface area contributed by atoms with Crippen LogP contribution in [-0.4, -0.2) is 16.7 Å². The molecule has 0 spiro atoms. The molecule has 2 rings (SSSR count). The zero-order chi connectivity index (χ0) is 12.3. The van der Waals surface area contributed by atoms with Gasteiger partial charge in [0.2, 0.25) is 5.13 Å². The monoisotopic (exact) mass is 247 g/mol. The molecule has 2 aromatic rings. The molecule has 0 unspecified atom stereocenters. The van der Waals surface area contributed by atoms with Crippen LogP contribution in [0.4, 0.5) is 5.13 Å². The van der Waals surface area contributed by atoms with Crippen molar-refractivity contribution in [2.45, 2.75) is 27.2 Å². The van der Waals surface area contributed by atoms with Crippen LogP contribution in [0, 0.1) is 13.8 Å². The van der Waals surface area contributed by atoms with Crippen molar-refractivity contribution in [2.24, 2.45) is 0 Å². The average Bonchev–Trinajstić information content (AvgIpc) is 2.78. The lowest BCUT2D eigenvalue weighted by Gasteiger charge is -2.02. The molecule has 4 heteroatoms. The van der Waals surface area contributed by atoms with E-state index in [9.17, 15) is 0 Å². The summed E-state index contributed by atoms with van der Waals surface area (Å²) < 4.78 is 0. The van der Waals surface area contributed by atoms with Crippen molar-refractivity contribution in [1.29, 1.82) is 0 Å². The minimum Gasteiger partial charge on any atom is -0.360 e. The molecule has 0 bridgehead atoms. The van der Waals surface area contributed by atoms with E-state index >= 15 is 0 Å². The predicted octanol–water partition coefficient (Wildman–Crippen LogP) is 3.64. The molecule has 1 aromatic carbocycles. The van der Waals surface area contributed by atoms with E-state index in [-0.39, 0.29) is 0 Å². The van der Waals surface area contributed by atoms with Crippen LogP contribution in [0.15, 0.2) is 18.2 Å². The molecule has 0 atom stereocenters. The number of hydrogen-bond acceptors (Lipinski definition) is 4. The standard InChI is InChI=1S/C13H17N3S/c1-4-7-14-13-16-15-12(17-13)11-8-9(2)5-6-10(11)3/h5-6,8H,4,7H2,1-3H3,(H,14,16). The summed E-state index contributed by atoms with van der Waals surface area (Å²) in [5.41, 5.74) is 3.68. The summed E-state index contributed by atoms with van der Waals surface area (Å²) >= 11 is 1.62. The van der Waals surface area contributed by atoms with Gasteiger partial charge in [-0.25, -0.2) is 0 Å². The highest BCUT2D eigenvalue weighted by Crippen LogP contribution is 2.29. The first-order valence-corrected chi connectivity index (χ1v) is 6.67. The van der Waals surface area contributed by atoms with Crippen molar-refractivity contribution in [3.8, 4) is 10.6 Å². The van der Waals surface area contributed by atoms with Gasteiger partial charge in [-0.05, 0) is 31.9 Å². The second-order valence-corrected chi connectivity index (χ2v) is 5.14. The number of aromatic nitrogens is 2. The third-order valence-electron chi connectivity index (χ3n) is 2.57. The smallest absolute Gasteiger partial charge is 0.206 e. The molecule has 0 aliphatic heterocycles. The fourth-order valence-corrected chi connectivity index (χ4v) is 2.45. The van der Waals surface area contributed by atoms with Crippen molar-refractivity contribution in [3.63, 3.8) is 0 Å². The van der Waals surface area contributed by atoms with Gasteiger partial charge < -0.3 is 5.32 Å². The zero-order valence-electron chi connectivity index (χ0n) is 10.4. The topological polar surface area (TPSA) is 37.8 Å². The first-order chi connectivity index (χ1) is 8.20. The second kappa shape index (κ2) is 5.27. The van der Waals surface area contributed by atoms with E-state index < -0.39 is 0 Å². The Balaban J connectivity index is 2.27. The van der Waals surface area contributed by atoms with Gasteiger partial charge in [-0.15, -0.1) is 10.2 Å². The molecule has 0 saturated carbocycles. The van der Waals surface area contributed by atoms with Gasteiger partial charge in [0.25, 0.3) is 0 Å². The molecule has 0 aliphatic carbocycles. The lowest BCUT2D eigenvalue weighted by molar-refractivity contribution is 0.964. The van der Waals surface area contributed by atoms with E-state index in [2.05, 4.69) is 54.5 Å². The van der Waals surface area contributed by atoms with Crippen molar-refractivity contribution in [3.05, 3.63) is 29.3 Å². The first kappa shape index (κ1) is 12.0. The van der Waals surface area contributed by atoms with Crippen molar-refractivity contribution < 1.29 is 0 Å². The number of aryl methyl sites for hydroxylation is 2. The quantitative estimate of drug-likeness (QED) is 0.896. The van der Waals surface area contributed by atoms with Crippen molar-refractivity contribution in [2.75, 3.05) is 11.9 Å². The van der Waals surface area contributed by atoms with Crippen LogP contribution < -0.4 is 5.32 Å². The summed E-state index contributed by atoms with van der Waals surface area (Å²) in [6, 6.07) is 6.42. The molecule has 1 N–H and O–H groups in total. The number of rotatable bonds is 4. The maximum absolute atomic E-state index is 4.25. The van der Waals surface area contributed by atoms with Crippen molar-refractivity contribution in [1.82, 2.24) is 10.2 Å². The van der Waals surface area contributed by atoms with Gasteiger partial charge in [0.05, 0.1) is 0 Å². The van der Waals surface area contributed by atoms with Gasteiger partial charge >= 0.3 is 0 Å². The lowest BCUT2D eigenvalue weighted by Crippen LogP contribution is -1.98. The minimum atomic E-state index is 0.905. The number of nitrogens with one attached hydrogen (secondary N) is 1. The highest BCUT2D eigenvalue weighted by Gasteiger charge is 2.08. The molecule has 1 aromatic heterocycles. The summed E-state index contributed by atoms with van der Waals surface area (Å²) in [5, 5.41) is 13.6. The Labute approximate surface area is 106 Å². The lowest BCUT2D eigenvalue weighted by atomic mass is 10.1. The molecular formula is C13H17N3S. The normalized spacial score (nSPS) is 10.5. The maximum atomic E-state index is 4.25. The Bertz CT molecular complexity index is 505. The van der Waals surface area contributed by atoms with Crippen LogP contribution in [0.5, 0.6) is 0 Å². The van der Waals surface area contributed by atoms with Gasteiger partial charge in [-0.2, -0.15) is 0 Å². The number of hydrogen-bond donors (Lipinski definition) is 1. The molecule has 0 radical (unpaired) electrons. The largest absolute Gasteiger partial charge is 0.360 e. The SMILES string of the molecule is CCCNc1nnc(-c2cc(C)ccc2C)s1. The van der Waals surface area contributed by atoms with Crippen LogP contribution in [0.1, 0.15) is 24.5 Å². The Morgan fingerprint density at radius 3 is 2.82 bits per heavy atom. The molecule has 3 nitrogen and oxygen atoms in total. The Kier molecular flexibility index (Phi) is 3.74. The molecule has 0 amide bonds. The van der Waals surface area contributed by atoms with E-state index in [1.54, 1.807) is 11.3 Å². The summed E-state index contributed by atoms with van der Waals surface area (Å²) in [6.45, 7) is 7.29. The molecular weight excluding hydrogens is 230 g/mol. The predicted molar refractivity (Wildman–Crippen MR) is 73.6 cm³/mol.